The molecular formula is C27H35N3O6S. The van der Waals surface area contributed by atoms with Crippen LogP contribution in [0.4, 0.5) is 4.79 Å². The van der Waals surface area contributed by atoms with Crippen LogP contribution >= 0.6 is 11.3 Å². The molecule has 0 saturated carbocycles. The third kappa shape index (κ3) is 6.55. The monoisotopic (exact) mass is 529 g/mol. The number of nitrogens with zero attached hydrogens (tertiary/aromatic N) is 3. The van der Waals surface area contributed by atoms with Crippen molar-refractivity contribution in [2.24, 2.45) is 0 Å². The number of aliphatic hydroxyl groups is 1. The molecule has 3 atom stereocenters. The summed E-state index contributed by atoms with van der Waals surface area (Å²) in [4.78, 5) is 47.7. The number of carbonyl (C=O) groups is 3. The molecule has 2 aliphatic heterocycles. The molecule has 1 aromatic carbocycles. The Morgan fingerprint density at radius 3 is 2.54 bits per heavy atom. The molecule has 1 N–H and O–H groups in total. The normalized spacial score (nSPS) is 22.2. The summed E-state index contributed by atoms with van der Waals surface area (Å²) in [7, 11) is 0. The zero-order valence-electron chi connectivity index (χ0n) is 21.8. The fourth-order valence-electron chi connectivity index (χ4n) is 4.74. The number of likely N-dealkylation sites (tertiary alicyclic amines) is 1. The van der Waals surface area contributed by atoms with E-state index >= 15 is 0 Å². The lowest BCUT2D eigenvalue weighted by atomic mass is 10.00. The maximum Gasteiger partial charge on any atom is 0.411 e. The summed E-state index contributed by atoms with van der Waals surface area (Å²) in [6, 6.07) is 6.45. The minimum absolute atomic E-state index is 0.0250. The van der Waals surface area contributed by atoms with Crippen LogP contribution in [-0.4, -0.2) is 87.8 Å². The van der Waals surface area contributed by atoms with Crippen LogP contribution in [0.15, 0.2) is 29.8 Å². The van der Waals surface area contributed by atoms with Gasteiger partial charge in [0.1, 0.15) is 11.6 Å². The predicted molar refractivity (Wildman–Crippen MR) is 139 cm³/mol. The van der Waals surface area contributed by atoms with E-state index in [1.165, 1.54) is 9.80 Å². The number of aryl methyl sites for hydroxylation is 2. The number of rotatable bonds is 6. The van der Waals surface area contributed by atoms with Gasteiger partial charge in [-0.1, -0.05) is 24.3 Å². The molecule has 9 nitrogen and oxygen atoms in total. The SMILES string of the molecule is Cc1ncsc1-c1ccc(CCC(=O)[C@@H]2C[C@@H](O)CN2C(=O)[C@@H]2COCCN2C(=O)OC(C)(C)C)cc1. The molecule has 2 aliphatic rings. The van der Waals surface area contributed by atoms with Crippen LogP contribution in [0.3, 0.4) is 0 Å². The quantitative estimate of drug-likeness (QED) is 0.612. The van der Waals surface area contributed by atoms with Gasteiger partial charge in [0, 0.05) is 25.9 Å². The Kier molecular flexibility index (Phi) is 8.30. The number of ketones is 1. The highest BCUT2D eigenvalue weighted by molar-refractivity contribution is 7.13. The fourth-order valence-corrected chi connectivity index (χ4v) is 5.55. The molecule has 2 aromatic rings. The zero-order valence-corrected chi connectivity index (χ0v) is 22.6. The second kappa shape index (κ2) is 11.3. The standard InChI is InChI=1S/C27H35N3O6S/c1-17-24(37-16-28-17)19-8-5-18(6-9-19)7-10-23(32)21-13-20(31)14-30(21)25(33)22-15-35-12-11-29(22)26(34)36-27(2,3)4/h5-6,8-9,16,20-22,31H,7,10-15H2,1-4H3/t20-,21+,22+/m1/s1. The Hall–Kier alpha value is -2.82. The minimum atomic E-state index is -0.896. The van der Waals surface area contributed by atoms with Crippen LogP contribution in [0.25, 0.3) is 10.4 Å². The van der Waals surface area contributed by atoms with Gasteiger partial charge in [0.05, 0.1) is 41.4 Å². The second-order valence-electron chi connectivity index (χ2n) is 10.6. The number of benzene rings is 1. The van der Waals surface area contributed by atoms with Crippen LogP contribution < -0.4 is 0 Å². The van der Waals surface area contributed by atoms with E-state index in [1.54, 1.807) is 32.1 Å². The lowest BCUT2D eigenvalue weighted by Crippen LogP contribution is -2.58. The Bertz CT molecular complexity index is 1130. The molecule has 0 spiro atoms. The molecule has 0 bridgehead atoms. The van der Waals surface area contributed by atoms with E-state index < -0.39 is 35.8 Å². The molecule has 0 aliphatic carbocycles. The summed E-state index contributed by atoms with van der Waals surface area (Å²) in [6.45, 7) is 7.87. The summed E-state index contributed by atoms with van der Waals surface area (Å²) in [6.07, 6.45) is -0.412. The molecule has 37 heavy (non-hydrogen) atoms. The van der Waals surface area contributed by atoms with Crippen LogP contribution in [0.5, 0.6) is 0 Å². The van der Waals surface area contributed by atoms with Crippen molar-refractivity contribution in [1.29, 1.82) is 0 Å². The van der Waals surface area contributed by atoms with E-state index in [0.29, 0.717) is 13.0 Å². The second-order valence-corrected chi connectivity index (χ2v) is 11.4. The smallest absolute Gasteiger partial charge is 0.411 e. The van der Waals surface area contributed by atoms with Crippen LogP contribution in [0, 0.1) is 6.92 Å². The molecule has 200 valence electrons. The molecule has 0 radical (unpaired) electrons. The third-order valence-electron chi connectivity index (χ3n) is 6.60. The Balaban J connectivity index is 1.40. The van der Waals surface area contributed by atoms with Crippen molar-refractivity contribution in [3.63, 3.8) is 0 Å². The largest absolute Gasteiger partial charge is 0.444 e. The molecule has 0 unspecified atom stereocenters. The lowest BCUT2D eigenvalue weighted by Gasteiger charge is -2.38. The summed E-state index contributed by atoms with van der Waals surface area (Å²) >= 11 is 1.59. The number of hydrogen-bond donors (Lipinski definition) is 1. The Morgan fingerprint density at radius 1 is 1.16 bits per heavy atom. The molecule has 3 heterocycles. The van der Waals surface area contributed by atoms with Crippen molar-refractivity contribution < 1.29 is 29.0 Å². The highest BCUT2D eigenvalue weighted by atomic mass is 32.1. The number of hydrogen-bond acceptors (Lipinski definition) is 8. The number of morpholine rings is 1. The number of carbonyl (C=O) groups excluding carboxylic acids is 3. The topological polar surface area (TPSA) is 109 Å². The molecule has 10 heteroatoms. The van der Waals surface area contributed by atoms with Gasteiger partial charge in [-0.25, -0.2) is 9.78 Å². The third-order valence-corrected chi connectivity index (χ3v) is 7.57. The molecule has 2 fully saturated rings. The molecule has 1 aromatic heterocycles. The maximum atomic E-state index is 13.5. The van der Waals surface area contributed by atoms with Crippen molar-refractivity contribution in [1.82, 2.24) is 14.8 Å². The highest BCUT2D eigenvalue weighted by Gasteiger charge is 2.44. The van der Waals surface area contributed by atoms with Crippen LogP contribution in [-0.2, 0) is 25.5 Å². The van der Waals surface area contributed by atoms with E-state index in [2.05, 4.69) is 4.98 Å². The number of β-amino-alcohol motifs (C(OH)–C–C–N with tert-alkyl or cyclic N) is 1. The van der Waals surface area contributed by atoms with Gasteiger partial charge < -0.3 is 19.5 Å². The first-order valence-corrected chi connectivity index (χ1v) is 13.5. The van der Waals surface area contributed by atoms with Gasteiger partial charge in [0.2, 0.25) is 5.91 Å². The van der Waals surface area contributed by atoms with Gasteiger partial charge in [-0.05, 0) is 45.2 Å². The van der Waals surface area contributed by atoms with Crippen molar-refractivity contribution >= 4 is 29.1 Å². The molecular weight excluding hydrogens is 494 g/mol. The zero-order chi connectivity index (χ0) is 26.7. The van der Waals surface area contributed by atoms with Crippen molar-refractivity contribution in [3.8, 4) is 10.4 Å². The van der Waals surface area contributed by atoms with E-state index in [-0.39, 0.29) is 38.3 Å². The molecule has 4 rings (SSSR count). The van der Waals surface area contributed by atoms with E-state index in [9.17, 15) is 19.5 Å². The summed E-state index contributed by atoms with van der Waals surface area (Å²) < 4.78 is 11.0. The lowest BCUT2D eigenvalue weighted by molar-refractivity contribution is -0.147. The van der Waals surface area contributed by atoms with Gasteiger partial charge >= 0.3 is 6.09 Å². The predicted octanol–water partition coefficient (Wildman–Crippen LogP) is 3.22. The minimum Gasteiger partial charge on any atom is -0.444 e. The number of aromatic nitrogens is 1. The van der Waals surface area contributed by atoms with Gasteiger partial charge in [-0.15, -0.1) is 11.3 Å². The van der Waals surface area contributed by atoms with Crippen molar-refractivity contribution in [3.05, 3.63) is 41.0 Å². The van der Waals surface area contributed by atoms with Crippen LogP contribution in [0.2, 0.25) is 0 Å². The number of ether oxygens (including phenoxy) is 2. The van der Waals surface area contributed by atoms with Gasteiger partial charge in [-0.3, -0.25) is 14.5 Å². The number of aliphatic hydroxyl groups excluding tert-OH is 1. The van der Waals surface area contributed by atoms with E-state index in [0.717, 1.165) is 21.7 Å². The summed E-state index contributed by atoms with van der Waals surface area (Å²) in [5.41, 5.74) is 4.23. The first-order chi connectivity index (χ1) is 17.5. The van der Waals surface area contributed by atoms with E-state index in [1.807, 2.05) is 36.7 Å². The van der Waals surface area contributed by atoms with Crippen LogP contribution in [0.1, 0.15) is 44.9 Å². The Labute approximate surface area is 221 Å². The average molecular weight is 530 g/mol. The summed E-state index contributed by atoms with van der Waals surface area (Å²) in [5.74, 6) is -0.502. The first-order valence-electron chi connectivity index (χ1n) is 12.6. The van der Waals surface area contributed by atoms with Gasteiger partial charge in [0.15, 0.2) is 5.78 Å². The highest BCUT2D eigenvalue weighted by Crippen LogP contribution is 2.28. The first kappa shape index (κ1) is 27.2. The van der Waals surface area contributed by atoms with Gasteiger partial charge in [0.25, 0.3) is 0 Å². The number of amides is 2. The molecule has 2 amide bonds. The number of thiazole rings is 1. The average Bonchev–Trinajstić information content (AvgIpc) is 3.46. The fraction of sp³-hybridized carbons (Fsp3) is 0.556. The summed E-state index contributed by atoms with van der Waals surface area (Å²) in [5, 5.41) is 10.3. The van der Waals surface area contributed by atoms with E-state index in [4.69, 9.17) is 9.47 Å². The van der Waals surface area contributed by atoms with Crippen molar-refractivity contribution in [2.45, 2.75) is 70.7 Å². The van der Waals surface area contributed by atoms with Crippen molar-refractivity contribution in [2.75, 3.05) is 26.3 Å². The Morgan fingerprint density at radius 2 is 1.89 bits per heavy atom. The van der Waals surface area contributed by atoms with Gasteiger partial charge in [-0.2, -0.15) is 0 Å². The number of Topliss-reactive ketones (excluding diaryl/α,β-unsaturated/α-hetero) is 1. The molecule has 2 saturated heterocycles. The maximum absolute atomic E-state index is 13.5.